The fraction of sp³-hybridized carbons (Fsp3) is 0.567. The van der Waals surface area contributed by atoms with Crippen molar-refractivity contribution in [1.82, 2.24) is 29.8 Å². The number of amides is 2. The largest absolute Gasteiger partial charge is 0.376 e. The Hall–Kier alpha value is -3.15. The van der Waals surface area contributed by atoms with Crippen LogP contribution in [0.15, 0.2) is 36.2 Å². The predicted molar refractivity (Wildman–Crippen MR) is 162 cm³/mol. The van der Waals surface area contributed by atoms with E-state index >= 15 is 0 Å². The molecular weight excluding hydrogens is 538 g/mol. The number of carbonyl (C=O) groups excluding carboxylic acids is 2. The Labute approximate surface area is 247 Å². The molecule has 1 aliphatic carbocycles. The standard InChI is InChI=1S/C30H43N7O3S/c1-19(13-23(29(39)34(4)5)32-26-14-21-18-35(6)11-12-37(21)33-26)36-10-8-9-20(17-36)31-28(38)24-15-22-25(41-24)16-30(2,3)27(22)40-7/h13-15,20,27H,1,8-12,16-18H2,2-7H3,(H,31,38)(H,32,33)/b23-13+/t20-,27?/m1/s1. The summed E-state index contributed by atoms with van der Waals surface area (Å²) in [7, 11) is 7.30. The van der Waals surface area contributed by atoms with Gasteiger partial charge in [0.2, 0.25) is 0 Å². The molecule has 5 rings (SSSR count). The number of anilines is 1. The van der Waals surface area contributed by atoms with Crippen LogP contribution >= 0.6 is 11.3 Å². The van der Waals surface area contributed by atoms with Crippen molar-refractivity contribution in [3.8, 4) is 0 Å². The Morgan fingerprint density at radius 1 is 1.24 bits per heavy atom. The van der Waals surface area contributed by atoms with Crippen molar-refractivity contribution >= 4 is 29.0 Å². The fourth-order valence-electron chi connectivity index (χ4n) is 6.15. The molecule has 0 aromatic carbocycles. The zero-order valence-corrected chi connectivity index (χ0v) is 25.9. The highest BCUT2D eigenvalue weighted by Gasteiger charge is 2.41. The predicted octanol–water partition coefficient (Wildman–Crippen LogP) is 3.45. The molecule has 1 saturated heterocycles. The molecule has 222 valence electrons. The van der Waals surface area contributed by atoms with Crippen LogP contribution in [0.3, 0.4) is 0 Å². The number of thiophene rings is 1. The number of allylic oxidation sites excluding steroid dienone is 1. The van der Waals surface area contributed by atoms with Crippen molar-refractivity contribution in [2.75, 3.05) is 53.2 Å². The van der Waals surface area contributed by atoms with Gasteiger partial charge in [-0.3, -0.25) is 19.2 Å². The highest BCUT2D eigenvalue weighted by Crippen LogP contribution is 2.50. The summed E-state index contributed by atoms with van der Waals surface area (Å²) in [6, 6.07) is 4.00. The first kappa shape index (κ1) is 29.3. The number of methoxy groups -OCH3 is 1. The molecule has 1 fully saturated rings. The summed E-state index contributed by atoms with van der Waals surface area (Å²) < 4.78 is 7.77. The summed E-state index contributed by atoms with van der Waals surface area (Å²) in [5.74, 6) is 0.458. The monoisotopic (exact) mass is 581 g/mol. The van der Waals surface area contributed by atoms with E-state index in [9.17, 15) is 9.59 Å². The van der Waals surface area contributed by atoms with E-state index in [0.717, 1.165) is 67.3 Å². The zero-order chi connectivity index (χ0) is 29.5. The second-order valence-electron chi connectivity index (χ2n) is 12.4. The third kappa shape index (κ3) is 6.22. The molecule has 0 bridgehead atoms. The molecule has 10 nitrogen and oxygen atoms in total. The molecule has 1 unspecified atom stereocenters. The van der Waals surface area contributed by atoms with Gasteiger partial charge in [0.15, 0.2) is 5.82 Å². The van der Waals surface area contributed by atoms with Gasteiger partial charge in [-0.25, -0.2) is 0 Å². The number of carbonyl (C=O) groups is 2. The summed E-state index contributed by atoms with van der Waals surface area (Å²) in [4.78, 5) is 34.2. The van der Waals surface area contributed by atoms with Gasteiger partial charge < -0.3 is 25.2 Å². The summed E-state index contributed by atoms with van der Waals surface area (Å²) in [5, 5.41) is 11.2. The minimum atomic E-state index is -0.153. The molecule has 3 aliphatic rings. The highest BCUT2D eigenvalue weighted by molar-refractivity contribution is 7.14. The number of piperidine rings is 1. The molecular formula is C30H43N7O3S. The number of fused-ring (bicyclic) bond motifs is 2. The van der Waals surface area contributed by atoms with Crippen LogP contribution in [-0.4, -0.2) is 90.2 Å². The van der Waals surface area contributed by atoms with Gasteiger partial charge in [-0.1, -0.05) is 20.4 Å². The number of ether oxygens (including phenoxy) is 1. The number of aromatic nitrogens is 2. The number of rotatable bonds is 8. The van der Waals surface area contributed by atoms with Crippen LogP contribution in [0.1, 0.15) is 58.6 Å². The molecule has 41 heavy (non-hydrogen) atoms. The molecule has 2 aliphatic heterocycles. The molecule has 0 spiro atoms. The Bertz CT molecular complexity index is 1360. The van der Waals surface area contributed by atoms with E-state index < -0.39 is 0 Å². The van der Waals surface area contributed by atoms with Crippen molar-refractivity contribution in [1.29, 1.82) is 0 Å². The minimum Gasteiger partial charge on any atom is -0.376 e. The van der Waals surface area contributed by atoms with E-state index in [4.69, 9.17) is 4.74 Å². The lowest BCUT2D eigenvalue weighted by Gasteiger charge is -2.35. The third-order valence-electron chi connectivity index (χ3n) is 8.27. The maximum atomic E-state index is 13.2. The van der Waals surface area contributed by atoms with Crippen LogP contribution in [0.5, 0.6) is 0 Å². The van der Waals surface area contributed by atoms with E-state index in [1.54, 1.807) is 43.5 Å². The van der Waals surface area contributed by atoms with Gasteiger partial charge in [0.05, 0.1) is 23.2 Å². The average molecular weight is 582 g/mol. The smallest absolute Gasteiger partial charge is 0.269 e. The van der Waals surface area contributed by atoms with Crippen LogP contribution in [0.25, 0.3) is 0 Å². The first-order valence-corrected chi connectivity index (χ1v) is 15.1. The van der Waals surface area contributed by atoms with Crippen molar-refractivity contribution in [2.45, 2.75) is 58.3 Å². The molecule has 0 radical (unpaired) electrons. The molecule has 4 heterocycles. The average Bonchev–Trinajstić information content (AvgIpc) is 3.57. The van der Waals surface area contributed by atoms with Gasteiger partial charge in [0.25, 0.3) is 11.8 Å². The number of hydrogen-bond acceptors (Lipinski definition) is 8. The van der Waals surface area contributed by atoms with Gasteiger partial charge in [0.1, 0.15) is 5.70 Å². The van der Waals surface area contributed by atoms with E-state index in [2.05, 4.69) is 53.0 Å². The number of likely N-dealkylation sites (tertiary alicyclic amines) is 1. The van der Waals surface area contributed by atoms with Gasteiger partial charge in [-0.05, 0) is 49.4 Å². The Kier molecular flexibility index (Phi) is 8.31. The quantitative estimate of drug-likeness (QED) is 0.364. The molecule has 2 aromatic heterocycles. The number of nitrogens with zero attached hydrogens (tertiary/aromatic N) is 5. The minimum absolute atomic E-state index is 0.00850. The summed E-state index contributed by atoms with van der Waals surface area (Å²) >= 11 is 1.58. The second-order valence-corrected chi connectivity index (χ2v) is 13.5. The summed E-state index contributed by atoms with van der Waals surface area (Å²) in [5.41, 5.74) is 3.44. The normalized spacial score (nSPS) is 22.2. The van der Waals surface area contributed by atoms with Crippen LogP contribution < -0.4 is 10.6 Å². The zero-order valence-electron chi connectivity index (χ0n) is 25.1. The Morgan fingerprint density at radius 3 is 2.76 bits per heavy atom. The van der Waals surface area contributed by atoms with E-state index in [1.807, 2.05) is 16.8 Å². The SMILES string of the molecule is C=C(/C=C(/Nc1cc2n(n1)CCN(C)C2)C(=O)N(C)C)N1CCC[C@@H](NC(=O)c2cc3c(s2)CC(C)(C)C3OC)C1. The molecule has 11 heteroatoms. The highest BCUT2D eigenvalue weighted by atomic mass is 32.1. The molecule has 2 N–H and O–H groups in total. The fourth-order valence-corrected chi connectivity index (χ4v) is 7.48. The summed E-state index contributed by atoms with van der Waals surface area (Å²) in [6.45, 7) is 12.7. The second kappa shape index (κ2) is 11.6. The van der Waals surface area contributed by atoms with Crippen LogP contribution in [-0.2, 0) is 29.0 Å². The first-order chi connectivity index (χ1) is 19.4. The summed E-state index contributed by atoms with van der Waals surface area (Å²) in [6.07, 6.45) is 4.55. The van der Waals surface area contributed by atoms with Crippen molar-refractivity contribution in [3.05, 3.63) is 57.2 Å². The topological polar surface area (TPSA) is 95.0 Å². The maximum Gasteiger partial charge on any atom is 0.269 e. The van der Waals surface area contributed by atoms with Gasteiger partial charge in [0, 0.05) is 70.1 Å². The molecule has 0 saturated carbocycles. The van der Waals surface area contributed by atoms with Crippen molar-refractivity contribution < 1.29 is 14.3 Å². The Morgan fingerprint density at radius 2 is 2.02 bits per heavy atom. The molecule has 2 amide bonds. The van der Waals surface area contributed by atoms with Gasteiger partial charge >= 0.3 is 0 Å². The van der Waals surface area contributed by atoms with Crippen molar-refractivity contribution in [3.63, 3.8) is 0 Å². The van der Waals surface area contributed by atoms with E-state index in [0.29, 0.717) is 18.1 Å². The first-order valence-electron chi connectivity index (χ1n) is 14.3. The van der Waals surface area contributed by atoms with Crippen molar-refractivity contribution in [2.24, 2.45) is 5.41 Å². The number of nitrogens with one attached hydrogen (secondary N) is 2. The van der Waals surface area contributed by atoms with E-state index in [-0.39, 0.29) is 29.4 Å². The van der Waals surface area contributed by atoms with Gasteiger partial charge in [-0.15, -0.1) is 11.3 Å². The number of likely N-dealkylation sites (N-methyl/N-ethyl adjacent to an activating group) is 2. The third-order valence-corrected chi connectivity index (χ3v) is 9.42. The lowest BCUT2D eigenvalue weighted by atomic mass is 9.87. The lowest BCUT2D eigenvalue weighted by molar-refractivity contribution is -0.124. The Balaban J connectivity index is 1.25. The van der Waals surface area contributed by atoms with Gasteiger partial charge in [-0.2, -0.15) is 5.10 Å². The molecule has 2 atom stereocenters. The lowest BCUT2D eigenvalue weighted by Crippen LogP contribution is -2.47. The maximum absolute atomic E-state index is 13.2. The number of hydrogen-bond donors (Lipinski definition) is 2. The van der Waals surface area contributed by atoms with E-state index in [1.165, 1.54) is 4.88 Å². The van der Waals surface area contributed by atoms with Crippen LogP contribution in [0.2, 0.25) is 0 Å². The molecule has 2 aromatic rings. The van der Waals surface area contributed by atoms with Crippen LogP contribution in [0, 0.1) is 5.41 Å². The van der Waals surface area contributed by atoms with Crippen LogP contribution in [0.4, 0.5) is 5.82 Å².